The highest BCUT2D eigenvalue weighted by atomic mass is 19.4. The molecule has 0 N–H and O–H groups in total. The molecule has 1 aromatic rings. The van der Waals surface area contributed by atoms with E-state index in [0.29, 0.717) is 13.0 Å². The number of nitrogens with zero attached hydrogens (tertiary/aromatic N) is 1. The summed E-state index contributed by atoms with van der Waals surface area (Å²) in [5.41, 5.74) is 4.77. The highest BCUT2D eigenvalue weighted by Gasteiger charge is 2.28. The van der Waals surface area contributed by atoms with Gasteiger partial charge in [-0.15, -0.1) is 0 Å². The van der Waals surface area contributed by atoms with Gasteiger partial charge in [-0.1, -0.05) is 12.1 Å². The lowest BCUT2D eigenvalue weighted by Gasteiger charge is -2.19. The zero-order chi connectivity index (χ0) is 13.9. The molecule has 1 rings (SSSR count). The number of rotatable bonds is 4. The van der Waals surface area contributed by atoms with Crippen molar-refractivity contribution in [2.45, 2.75) is 33.4 Å². The largest absolute Gasteiger partial charge is 0.401 e. The van der Waals surface area contributed by atoms with Gasteiger partial charge in [-0.2, -0.15) is 13.2 Å². The van der Waals surface area contributed by atoms with Gasteiger partial charge in [-0.3, -0.25) is 4.90 Å². The highest BCUT2D eigenvalue weighted by molar-refractivity contribution is 5.38. The smallest absolute Gasteiger partial charge is 0.298 e. The maximum atomic E-state index is 12.2. The van der Waals surface area contributed by atoms with Crippen LogP contribution >= 0.6 is 0 Å². The maximum absolute atomic E-state index is 12.2. The van der Waals surface area contributed by atoms with E-state index in [4.69, 9.17) is 0 Å². The molecular formula is C14H20F3N. The molecule has 18 heavy (non-hydrogen) atoms. The Hall–Kier alpha value is -1.03. The minimum Gasteiger partial charge on any atom is -0.298 e. The quantitative estimate of drug-likeness (QED) is 0.797. The molecule has 102 valence electrons. The average molecular weight is 259 g/mol. The normalized spacial score (nSPS) is 12.2. The first-order valence-electron chi connectivity index (χ1n) is 6.01. The molecule has 0 saturated heterocycles. The summed E-state index contributed by atoms with van der Waals surface area (Å²) in [6, 6.07) is 4.04. The van der Waals surface area contributed by atoms with Crippen LogP contribution in [0.3, 0.4) is 0 Å². The second-order valence-electron chi connectivity index (χ2n) is 4.89. The molecule has 0 saturated carbocycles. The molecule has 0 fully saturated rings. The topological polar surface area (TPSA) is 3.24 Å². The van der Waals surface area contributed by atoms with E-state index in [1.54, 1.807) is 0 Å². The van der Waals surface area contributed by atoms with Crippen molar-refractivity contribution in [3.8, 4) is 0 Å². The third-order valence-corrected chi connectivity index (χ3v) is 3.38. The predicted octanol–water partition coefficient (Wildman–Crippen LogP) is 3.65. The molecule has 0 aliphatic carbocycles. The van der Waals surface area contributed by atoms with Gasteiger partial charge < -0.3 is 0 Å². The Balaban J connectivity index is 2.62. The van der Waals surface area contributed by atoms with Crippen molar-refractivity contribution in [1.29, 1.82) is 0 Å². The number of hydrogen-bond donors (Lipinski definition) is 0. The summed E-state index contributed by atoms with van der Waals surface area (Å²) in [4.78, 5) is 1.31. The summed E-state index contributed by atoms with van der Waals surface area (Å²) < 4.78 is 36.6. The van der Waals surface area contributed by atoms with Crippen LogP contribution in [0.5, 0.6) is 0 Å². The van der Waals surface area contributed by atoms with Gasteiger partial charge >= 0.3 is 6.18 Å². The molecule has 4 heteroatoms. The lowest BCUT2D eigenvalue weighted by molar-refractivity contribution is -0.142. The van der Waals surface area contributed by atoms with Gasteiger partial charge in [0.05, 0.1) is 6.54 Å². The number of alkyl halides is 3. The Morgan fingerprint density at radius 1 is 1.06 bits per heavy atom. The molecule has 0 heterocycles. The van der Waals surface area contributed by atoms with E-state index in [1.165, 1.54) is 28.6 Å². The van der Waals surface area contributed by atoms with E-state index in [9.17, 15) is 13.2 Å². The van der Waals surface area contributed by atoms with Crippen LogP contribution < -0.4 is 0 Å². The minimum absolute atomic E-state index is 0.419. The molecule has 0 unspecified atom stereocenters. The Bertz CT molecular complexity index is 410. The molecule has 0 atom stereocenters. The van der Waals surface area contributed by atoms with Crippen LogP contribution in [0.15, 0.2) is 12.1 Å². The number of halogens is 3. The van der Waals surface area contributed by atoms with E-state index in [0.717, 1.165) is 5.56 Å². The third kappa shape index (κ3) is 4.33. The maximum Gasteiger partial charge on any atom is 0.401 e. The van der Waals surface area contributed by atoms with Gasteiger partial charge in [0.25, 0.3) is 0 Å². The van der Waals surface area contributed by atoms with Gasteiger partial charge in [0.2, 0.25) is 0 Å². The molecule has 0 spiro atoms. The predicted molar refractivity (Wildman–Crippen MR) is 67.9 cm³/mol. The highest BCUT2D eigenvalue weighted by Crippen LogP contribution is 2.19. The minimum atomic E-state index is -4.12. The van der Waals surface area contributed by atoms with Crippen LogP contribution in [0.25, 0.3) is 0 Å². The lowest BCUT2D eigenvalue weighted by Crippen LogP contribution is -2.32. The van der Waals surface area contributed by atoms with Crippen LogP contribution in [-0.2, 0) is 6.42 Å². The van der Waals surface area contributed by atoms with Crippen LogP contribution in [0.1, 0.15) is 22.3 Å². The van der Waals surface area contributed by atoms with Crippen molar-refractivity contribution in [3.63, 3.8) is 0 Å². The Kier molecular flexibility index (Phi) is 4.79. The van der Waals surface area contributed by atoms with Crippen molar-refractivity contribution in [2.75, 3.05) is 20.1 Å². The second-order valence-corrected chi connectivity index (χ2v) is 4.89. The molecule has 0 aliphatic heterocycles. The third-order valence-electron chi connectivity index (χ3n) is 3.38. The second kappa shape index (κ2) is 5.74. The van der Waals surface area contributed by atoms with Crippen molar-refractivity contribution in [2.24, 2.45) is 0 Å². The van der Waals surface area contributed by atoms with Crippen molar-refractivity contribution >= 4 is 0 Å². The summed E-state index contributed by atoms with van der Waals surface area (Å²) in [6.45, 7) is 5.69. The molecule has 0 amide bonds. The van der Waals surface area contributed by atoms with E-state index in [-0.39, 0.29) is 0 Å². The molecular weight excluding hydrogens is 239 g/mol. The fourth-order valence-corrected chi connectivity index (χ4v) is 1.98. The zero-order valence-electron chi connectivity index (χ0n) is 11.4. The lowest BCUT2D eigenvalue weighted by atomic mass is 9.97. The zero-order valence-corrected chi connectivity index (χ0v) is 11.4. The van der Waals surface area contributed by atoms with Gasteiger partial charge in [0.1, 0.15) is 0 Å². The molecule has 0 bridgehead atoms. The van der Waals surface area contributed by atoms with Crippen LogP contribution in [0.2, 0.25) is 0 Å². The molecule has 0 radical (unpaired) electrons. The summed E-state index contributed by atoms with van der Waals surface area (Å²) in [5, 5.41) is 0. The SMILES string of the molecule is Cc1ccc(CCN(C)CC(F)(F)F)c(C)c1C. The molecule has 1 nitrogen and oxygen atoms in total. The van der Waals surface area contributed by atoms with Crippen LogP contribution in [-0.4, -0.2) is 31.2 Å². The van der Waals surface area contributed by atoms with Crippen LogP contribution in [0.4, 0.5) is 13.2 Å². The Labute approximate surface area is 107 Å². The number of aryl methyl sites for hydroxylation is 1. The standard InChI is InChI=1S/C14H20F3N/c1-10-5-6-13(12(3)11(10)2)7-8-18(4)9-14(15,16)17/h5-6H,7-9H2,1-4H3. The van der Waals surface area contributed by atoms with Gasteiger partial charge in [0.15, 0.2) is 0 Å². The van der Waals surface area contributed by atoms with E-state index < -0.39 is 12.7 Å². The first kappa shape index (κ1) is 15.0. The molecule has 0 aromatic heterocycles. The summed E-state index contributed by atoms with van der Waals surface area (Å²) in [6.07, 6.45) is -3.47. The fraction of sp³-hybridized carbons (Fsp3) is 0.571. The number of hydrogen-bond acceptors (Lipinski definition) is 1. The van der Waals surface area contributed by atoms with Crippen LogP contribution in [0, 0.1) is 20.8 Å². The summed E-state index contributed by atoms with van der Waals surface area (Å²) in [7, 11) is 1.50. The summed E-state index contributed by atoms with van der Waals surface area (Å²) in [5.74, 6) is 0. The van der Waals surface area contributed by atoms with Gasteiger partial charge in [-0.05, 0) is 56.5 Å². The van der Waals surface area contributed by atoms with E-state index in [2.05, 4.69) is 0 Å². The van der Waals surface area contributed by atoms with Crippen molar-refractivity contribution in [1.82, 2.24) is 4.90 Å². The fourth-order valence-electron chi connectivity index (χ4n) is 1.98. The van der Waals surface area contributed by atoms with Crippen molar-refractivity contribution in [3.05, 3.63) is 34.4 Å². The summed E-state index contributed by atoms with van der Waals surface area (Å²) >= 11 is 0. The Morgan fingerprint density at radius 3 is 2.22 bits per heavy atom. The van der Waals surface area contributed by atoms with Crippen molar-refractivity contribution < 1.29 is 13.2 Å². The van der Waals surface area contributed by atoms with E-state index >= 15 is 0 Å². The van der Waals surface area contributed by atoms with Gasteiger partial charge in [-0.25, -0.2) is 0 Å². The first-order valence-corrected chi connectivity index (χ1v) is 6.01. The Morgan fingerprint density at radius 2 is 1.67 bits per heavy atom. The number of benzene rings is 1. The van der Waals surface area contributed by atoms with Gasteiger partial charge in [0, 0.05) is 6.54 Å². The monoisotopic (exact) mass is 259 g/mol. The molecule has 1 aromatic carbocycles. The van der Waals surface area contributed by atoms with E-state index in [1.807, 2.05) is 32.9 Å². The average Bonchev–Trinajstić information content (AvgIpc) is 2.22. The first-order chi connectivity index (χ1) is 8.20. The number of likely N-dealkylation sites (N-methyl/N-ethyl adjacent to an activating group) is 1. The molecule has 0 aliphatic rings.